The van der Waals surface area contributed by atoms with Crippen LogP contribution in [0, 0.1) is 5.41 Å². The molecule has 0 aromatic heterocycles. The molecule has 0 saturated carbocycles. The predicted molar refractivity (Wildman–Crippen MR) is 83.4 cm³/mol. The summed E-state index contributed by atoms with van der Waals surface area (Å²) in [6, 6.07) is 3.51. The molecule has 0 aliphatic heterocycles. The second-order valence-corrected chi connectivity index (χ2v) is 6.13. The zero-order valence-electron chi connectivity index (χ0n) is 12.7. The Balaban J connectivity index is 2.65. The van der Waals surface area contributed by atoms with E-state index < -0.39 is 11.4 Å². The van der Waals surface area contributed by atoms with Crippen molar-refractivity contribution in [2.24, 2.45) is 5.41 Å². The Morgan fingerprint density at radius 3 is 2.33 bits per heavy atom. The van der Waals surface area contributed by atoms with Gasteiger partial charge in [-0.1, -0.05) is 0 Å². The highest BCUT2D eigenvalue weighted by Crippen LogP contribution is 2.37. The lowest BCUT2D eigenvalue weighted by Crippen LogP contribution is -2.24. The Labute approximate surface area is 133 Å². The SMILES string of the molecule is COc1cc(OCCCC(C)(C)C(=O)O)c(OC)cc1Br. The molecule has 0 aliphatic carbocycles. The molecule has 0 bridgehead atoms. The second kappa shape index (κ2) is 7.54. The minimum Gasteiger partial charge on any atom is -0.495 e. The molecule has 0 aliphatic rings. The number of methoxy groups -OCH3 is 2. The lowest BCUT2D eigenvalue weighted by molar-refractivity contribution is -0.147. The van der Waals surface area contributed by atoms with Crippen molar-refractivity contribution >= 4 is 21.9 Å². The third kappa shape index (κ3) is 4.81. The Kier molecular flexibility index (Phi) is 6.33. The van der Waals surface area contributed by atoms with Crippen LogP contribution in [-0.4, -0.2) is 31.9 Å². The maximum atomic E-state index is 11.0. The number of aliphatic carboxylic acids is 1. The van der Waals surface area contributed by atoms with Gasteiger partial charge in [-0.05, 0) is 42.6 Å². The van der Waals surface area contributed by atoms with Crippen molar-refractivity contribution in [3.63, 3.8) is 0 Å². The summed E-state index contributed by atoms with van der Waals surface area (Å²) in [6.45, 7) is 3.83. The topological polar surface area (TPSA) is 65.0 Å². The molecule has 5 nitrogen and oxygen atoms in total. The molecule has 0 amide bonds. The summed E-state index contributed by atoms with van der Waals surface area (Å²) in [4.78, 5) is 11.0. The van der Waals surface area contributed by atoms with Crippen LogP contribution in [0.4, 0.5) is 0 Å². The van der Waals surface area contributed by atoms with Crippen molar-refractivity contribution in [1.29, 1.82) is 0 Å². The van der Waals surface area contributed by atoms with E-state index in [-0.39, 0.29) is 0 Å². The summed E-state index contributed by atoms with van der Waals surface area (Å²) < 4.78 is 16.9. The fraction of sp³-hybridized carbons (Fsp3) is 0.533. The molecule has 0 unspecified atom stereocenters. The summed E-state index contributed by atoms with van der Waals surface area (Å²) in [5.41, 5.74) is -0.745. The number of carbonyl (C=O) groups is 1. The third-order valence-electron chi connectivity index (χ3n) is 3.22. The summed E-state index contributed by atoms with van der Waals surface area (Å²) >= 11 is 3.38. The van der Waals surface area contributed by atoms with Gasteiger partial charge in [0.1, 0.15) is 5.75 Å². The molecule has 1 aromatic rings. The molecule has 0 fully saturated rings. The highest BCUT2D eigenvalue weighted by molar-refractivity contribution is 9.10. The number of carboxylic acid groups (broad SMARTS) is 1. The fourth-order valence-corrected chi connectivity index (χ4v) is 2.23. The maximum Gasteiger partial charge on any atom is 0.309 e. The van der Waals surface area contributed by atoms with Gasteiger partial charge < -0.3 is 19.3 Å². The minimum absolute atomic E-state index is 0.415. The van der Waals surface area contributed by atoms with E-state index in [1.165, 1.54) is 0 Å². The van der Waals surface area contributed by atoms with Crippen LogP contribution in [0.3, 0.4) is 0 Å². The zero-order chi connectivity index (χ0) is 16.0. The summed E-state index contributed by atoms with van der Waals surface area (Å²) in [5, 5.41) is 9.06. The van der Waals surface area contributed by atoms with Gasteiger partial charge in [0.15, 0.2) is 11.5 Å². The molecule has 1 N–H and O–H groups in total. The van der Waals surface area contributed by atoms with Gasteiger partial charge in [0.2, 0.25) is 0 Å². The fourth-order valence-electron chi connectivity index (χ4n) is 1.75. The quantitative estimate of drug-likeness (QED) is 0.715. The molecule has 0 heterocycles. The summed E-state index contributed by atoms with van der Waals surface area (Å²) in [6.07, 6.45) is 1.18. The van der Waals surface area contributed by atoms with Gasteiger partial charge in [0.05, 0.1) is 30.7 Å². The summed E-state index contributed by atoms with van der Waals surface area (Å²) in [7, 11) is 3.14. The average molecular weight is 361 g/mol. The maximum absolute atomic E-state index is 11.0. The lowest BCUT2D eigenvalue weighted by Gasteiger charge is -2.19. The van der Waals surface area contributed by atoms with Crippen molar-refractivity contribution in [1.82, 2.24) is 0 Å². The first kappa shape index (κ1) is 17.6. The van der Waals surface area contributed by atoms with Crippen LogP contribution < -0.4 is 14.2 Å². The van der Waals surface area contributed by atoms with Gasteiger partial charge in [-0.2, -0.15) is 0 Å². The van der Waals surface area contributed by atoms with Crippen molar-refractivity contribution < 1.29 is 24.1 Å². The van der Waals surface area contributed by atoms with Gasteiger partial charge >= 0.3 is 5.97 Å². The van der Waals surface area contributed by atoms with Gasteiger partial charge in [0, 0.05) is 12.1 Å². The van der Waals surface area contributed by atoms with Crippen molar-refractivity contribution in [3.8, 4) is 17.2 Å². The zero-order valence-corrected chi connectivity index (χ0v) is 14.3. The molecule has 0 spiro atoms. The van der Waals surface area contributed by atoms with Crippen molar-refractivity contribution in [3.05, 3.63) is 16.6 Å². The number of halogens is 1. The standard InChI is InChI=1S/C15H21BrO5/c1-15(2,14(17)18)6-5-7-21-13-9-11(19-3)10(16)8-12(13)20-4/h8-9H,5-7H2,1-4H3,(H,17,18). The Morgan fingerprint density at radius 2 is 1.81 bits per heavy atom. The number of hydrogen-bond acceptors (Lipinski definition) is 4. The number of carboxylic acids is 1. The molecule has 1 rings (SSSR count). The molecule has 118 valence electrons. The lowest BCUT2D eigenvalue weighted by atomic mass is 9.88. The van der Waals surface area contributed by atoms with Crippen LogP contribution in [0.1, 0.15) is 26.7 Å². The van der Waals surface area contributed by atoms with E-state index in [2.05, 4.69) is 15.9 Å². The first-order valence-corrected chi connectivity index (χ1v) is 7.39. The first-order valence-electron chi connectivity index (χ1n) is 6.59. The largest absolute Gasteiger partial charge is 0.495 e. The molecule has 0 atom stereocenters. The molecular weight excluding hydrogens is 340 g/mol. The Bertz CT molecular complexity index is 499. The molecule has 6 heteroatoms. The van der Waals surface area contributed by atoms with Crippen LogP contribution in [0.15, 0.2) is 16.6 Å². The van der Waals surface area contributed by atoms with E-state index in [0.29, 0.717) is 36.7 Å². The van der Waals surface area contributed by atoms with E-state index in [1.54, 1.807) is 40.2 Å². The van der Waals surface area contributed by atoms with E-state index in [9.17, 15) is 4.79 Å². The molecule has 1 aromatic carbocycles. The Morgan fingerprint density at radius 1 is 1.19 bits per heavy atom. The van der Waals surface area contributed by atoms with Gasteiger partial charge in [-0.3, -0.25) is 4.79 Å². The van der Waals surface area contributed by atoms with E-state index >= 15 is 0 Å². The second-order valence-electron chi connectivity index (χ2n) is 5.28. The van der Waals surface area contributed by atoms with E-state index in [4.69, 9.17) is 19.3 Å². The van der Waals surface area contributed by atoms with Crippen molar-refractivity contribution in [2.75, 3.05) is 20.8 Å². The van der Waals surface area contributed by atoms with Crippen molar-refractivity contribution in [2.45, 2.75) is 26.7 Å². The van der Waals surface area contributed by atoms with Crippen LogP contribution in [0.25, 0.3) is 0 Å². The minimum atomic E-state index is -0.801. The van der Waals surface area contributed by atoms with E-state index in [0.717, 1.165) is 4.47 Å². The number of benzene rings is 1. The van der Waals surface area contributed by atoms with Gasteiger partial charge in [-0.25, -0.2) is 0 Å². The normalized spacial score (nSPS) is 11.1. The smallest absolute Gasteiger partial charge is 0.309 e. The number of hydrogen-bond donors (Lipinski definition) is 1. The molecule has 21 heavy (non-hydrogen) atoms. The van der Waals surface area contributed by atoms with Crippen LogP contribution in [0.2, 0.25) is 0 Å². The average Bonchev–Trinajstić information content (AvgIpc) is 2.44. The van der Waals surface area contributed by atoms with Crippen LogP contribution in [0.5, 0.6) is 17.2 Å². The molecule has 0 radical (unpaired) electrons. The van der Waals surface area contributed by atoms with Crippen LogP contribution in [-0.2, 0) is 4.79 Å². The van der Waals surface area contributed by atoms with Crippen LogP contribution >= 0.6 is 15.9 Å². The summed E-state index contributed by atoms with van der Waals surface area (Å²) in [5.74, 6) is 1.02. The number of ether oxygens (including phenoxy) is 3. The molecular formula is C15H21BrO5. The van der Waals surface area contributed by atoms with Gasteiger partial charge in [0.25, 0.3) is 0 Å². The Hall–Kier alpha value is -1.43. The van der Waals surface area contributed by atoms with Gasteiger partial charge in [-0.15, -0.1) is 0 Å². The highest BCUT2D eigenvalue weighted by atomic mass is 79.9. The van der Waals surface area contributed by atoms with E-state index in [1.807, 2.05) is 0 Å². The highest BCUT2D eigenvalue weighted by Gasteiger charge is 2.26. The predicted octanol–water partition coefficient (Wildman–Crippen LogP) is 3.74. The molecule has 0 saturated heterocycles. The first-order chi connectivity index (χ1) is 9.81. The monoisotopic (exact) mass is 360 g/mol. The third-order valence-corrected chi connectivity index (χ3v) is 3.84. The number of rotatable bonds is 8.